The monoisotopic (exact) mass is 481 g/mol. The van der Waals surface area contributed by atoms with Crippen molar-refractivity contribution in [3.05, 3.63) is 81.2 Å². The molecule has 7 nitrogen and oxygen atoms in total. The molecule has 1 aliphatic rings. The SMILES string of the molecule is CC1=C(C(=O)Nc2ccccc2C)C(c2cccc(Br)c2)n2nc(CCCO)nc2N1. The van der Waals surface area contributed by atoms with Gasteiger partial charge in [-0.25, -0.2) is 4.68 Å². The van der Waals surface area contributed by atoms with Gasteiger partial charge in [-0.3, -0.25) is 4.79 Å². The van der Waals surface area contributed by atoms with Crippen LogP contribution in [0.15, 0.2) is 64.3 Å². The molecule has 1 aliphatic heterocycles. The zero-order valence-electron chi connectivity index (χ0n) is 17.4. The number of para-hydroxylation sites is 1. The van der Waals surface area contributed by atoms with Gasteiger partial charge in [0.15, 0.2) is 5.82 Å². The first-order valence-electron chi connectivity index (χ1n) is 10.1. The van der Waals surface area contributed by atoms with Gasteiger partial charge in [0.2, 0.25) is 5.95 Å². The Kier molecular flexibility index (Phi) is 6.20. The standard InChI is InChI=1S/C23H24BrN5O2/c1-14-7-3-4-10-18(14)26-22(31)20-15(2)25-23-27-19(11-6-12-30)28-29(23)21(20)16-8-5-9-17(24)13-16/h3-5,7-10,13,21,30H,6,11-12H2,1-2H3,(H,26,31)(H,25,27,28). The third-order valence-corrected chi connectivity index (χ3v) is 5.75. The number of allylic oxidation sites excluding steroid dienone is 1. The Bertz CT molecular complexity index is 1150. The highest BCUT2D eigenvalue weighted by atomic mass is 79.9. The summed E-state index contributed by atoms with van der Waals surface area (Å²) in [5, 5.41) is 20.1. The minimum Gasteiger partial charge on any atom is -0.396 e. The minimum absolute atomic E-state index is 0.0771. The Morgan fingerprint density at radius 2 is 2.03 bits per heavy atom. The largest absolute Gasteiger partial charge is 0.396 e. The van der Waals surface area contributed by atoms with E-state index in [1.54, 1.807) is 4.68 Å². The maximum atomic E-state index is 13.5. The molecule has 3 aromatic rings. The highest BCUT2D eigenvalue weighted by Gasteiger charge is 2.34. The second-order valence-corrected chi connectivity index (χ2v) is 8.43. The molecule has 0 saturated carbocycles. The van der Waals surface area contributed by atoms with Gasteiger partial charge in [-0.15, -0.1) is 0 Å². The molecule has 1 unspecified atom stereocenters. The van der Waals surface area contributed by atoms with Gasteiger partial charge in [-0.1, -0.05) is 46.3 Å². The number of nitrogens with one attached hydrogen (secondary N) is 2. The number of carbonyl (C=O) groups is 1. The van der Waals surface area contributed by atoms with Gasteiger partial charge < -0.3 is 15.7 Å². The summed E-state index contributed by atoms with van der Waals surface area (Å²) in [5.74, 6) is 1.02. The van der Waals surface area contributed by atoms with E-state index in [0.717, 1.165) is 27.0 Å². The molecular formula is C23H24BrN5O2. The topological polar surface area (TPSA) is 92.1 Å². The number of aliphatic hydroxyl groups is 1. The van der Waals surface area contributed by atoms with E-state index in [0.29, 0.717) is 30.2 Å². The average Bonchev–Trinajstić information content (AvgIpc) is 3.15. The van der Waals surface area contributed by atoms with E-state index < -0.39 is 6.04 Å². The van der Waals surface area contributed by atoms with E-state index in [2.05, 4.69) is 36.6 Å². The number of aromatic nitrogens is 3. The van der Waals surface area contributed by atoms with E-state index in [9.17, 15) is 4.79 Å². The Morgan fingerprint density at radius 3 is 2.77 bits per heavy atom. The van der Waals surface area contributed by atoms with Crippen molar-refractivity contribution >= 4 is 33.5 Å². The molecular weight excluding hydrogens is 458 g/mol. The fourth-order valence-corrected chi connectivity index (χ4v) is 4.14. The third-order valence-electron chi connectivity index (χ3n) is 5.26. The number of halogens is 1. The molecule has 4 rings (SSSR count). The van der Waals surface area contributed by atoms with Crippen molar-refractivity contribution in [2.75, 3.05) is 17.2 Å². The second-order valence-electron chi connectivity index (χ2n) is 7.51. The number of amides is 1. The van der Waals surface area contributed by atoms with Crippen molar-refractivity contribution in [1.82, 2.24) is 14.8 Å². The summed E-state index contributed by atoms with van der Waals surface area (Å²) >= 11 is 3.54. The number of hydrogen-bond donors (Lipinski definition) is 3. The van der Waals surface area contributed by atoms with Crippen LogP contribution in [0.5, 0.6) is 0 Å². The van der Waals surface area contributed by atoms with Crippen LogP contribution in [0.1, 0.15) is 36.3 Å². The quantitative estimate of drug-likeness (QED) is 0.490. The molecule has 8 heteroatoms. The van der Waals surface area contributed by atoms with Gasteiger partial charge >= 0.3 is 0 Å². The smallest absolute Gasteiger partial charge is 0.255 e. The number of hydrogen-bond acceptors (Lipinski definition) is 5. The Balaban J connectivity index is 1.77. The molecule has 0 spiro atoms. The van der Waals surface area contributed by atoms with Crippen LogP contribution in [0, 0.1) is 6.92 Å². The molecule has 1 atom stereocenters. The Labute approximate surface area is 189 Å². The maximum Gasteiger partial charge on any atom is 0.255 e. The van der Waals surface area contributed by atoms with Crippen LogP contribution in [0.2, 0.25) is 0 Å². The molecule has 0 fully saturated rings. The molecule has 31 heavy (non-hydrogen) atoms. The summed E-state index contributed by atoms with van der Waals surface area (Å²) in [6.07, 6.45) is 1.14. The highest BCUT2D eigenvalue weighted by Crippen LogP contribution is 2.36. The average molecular weight is 482 g/mol. The summed E-state index contributed by atoms with van der Waals surface area (Å²) in [6.45, 7) is 3.92. The molecule has 0 bridgehead atoms. The number of benzene rings is 2. The first-order chi connectivity index (χ1) is 15.0. The lowest BCUT2D eigenvalue weighted by molar-refractivity contribution is -0.113. The molecule has 2 heterocycles. The Hall–Kier alpha value is -2.97. The van der Waals surface area contributed by atoms with Crippen molar-refractivity contribution in [3.63, 3.8) is 0 Å². The van der Waals surface area contributed by atoms with Gasteiger partial charge in [-0.2, -0.15) is 10.1 Å². The van der Waals surface area contributed by atoms with Gasteiger partial charge in [0, 0.05) is 28.9 Å². The van der Waals surface area contributed by atoms with Gasteiger partial charge in [-0.05, 0) is 49.6 Å². The van der Waals surface area contributed by atoms with E-state index in [1.165, 1.54) is 0 Å². The second kappa shape index (κ2) is 9.03. The van der Waals surface area contributed by atoms with Crippen LogP contribution < -0.4 is 10.6 Å². The summed E-state index contributed by atoms with van der Waals surface area (Å²) in [6, 6.07) is 15.1. The molecule has 2 aromatic carbocycles. The minimum atomic E-state index is -0.437. The van der Waals surface area contributed by atoms with Crippen molar-refractivity contribution in [1.29, 1.82) is 0 Å². The molecule has 1 amide bonds. The first-order valence-corrected chi connectivity index (χ1v) is 10.9. The highest BCUT2D eigenvalue weighted by molar-refractivity contribution is 9.10. The van der Waals surface area contributed by atoms with Gasteiger partial charge in [0.25, 0.3) is 5.91 Å². The summed E-state index contributed by atoms with van der Waals surface area (Å²) in [4.78, 5) is 18.1. The molecule has 0 radical (unpaired) electrons. The molecule has 160 valence electrons. The fourth-order valence-electron chi connectivity index (χ4n) is 3.72. The summed E-state index contributed by atoms with van der Waals surface area (Å²) < 4.78 is 2.68. The lowest BCUT2D eigenvalue weighted by Gasteiger charge is -2.29. The van der Waals surface area contributed by atoms with Crippen molar-refractivity contribution in [2.24, 2.45) is 0 Å². The van der Waals surface area contributed by atoms with Crippen molar-refractivity contribution in [2.45, 2.75) is 32.7 Å². The summed E-state index contributed by atoms with van der Waals surface area (Å²) in [7, 11) is 0. The predicted octanol–water partition coefficient (Wildman–Crippen LogP) is 4.20. The van der Waals surface area contributed by atoms with Crippen LogP contribution >= 0.6 is 15.9 Å². The molecule has 3 N–H and O–H groups in total. The normalized spacial score (nSPS) is 15.4. The van der Waals surface area contributed by atoms with E-state index in [1.807, 2.05) is 62.4 Å². The van der Waals surface area contributed by atoms with Gasteiger partial charge in [0.1, 0.15) is 6.04 Å². The predicted molar refractivity (Wildman–Crippen MR) is 124 cm³/mol. The fraction of sp³-hybridized carbons (Fsp3) is 0.261. The zero-order valence-corrected chi connectivity index (χ0v) is 19.0. The molecule has 1 aromatic heterocycles. The van der Waals surface area contributed by atoms with Crippen LogP contribution in [-0.4, -0.2) is 32.4 Å². The van der Waals surface area contributed by atoms with Crippen LogP contribution in [-0.2, 0) is 11.2 Å². The third kappa shape index (κ3) is 4.40. The lowest BCUT2D eigenvalue weighted by atomic mass is 9.95. The molecule has 0 aliphatic carbocycles. The zero-order chi connectivity index (χ0) is 22.0. The Morgan fingerprint density at radius 1 is 1.23 bits per heavy atom. The van der Waals surface area contributed by atoms with Crippen LogP contribution in [0.3, 0.4) is 0 Å². The summed E-state index contributed by atoms with van der Waals surface area (Å²) in [5.41, 5.74) is 3.99. The van der Waals surface area contributed by atoms with Crippen molar-refractivity contribution in [3.8, 4) is 0 Å². The van der Waals surface area contributed by atoms with E-state index >= 15 is 0 Å². The number of nitrogens with zero attached hydrogens (tertiary/aromatic N) is 3. The van der Waals surface area contributed by atoms with Gasteiger partial charge in [0.05, 0.1) is 5.57 Å². The number of aryl methyl sites for hydroxylation is 2. The number of aliphatic hydroxyl groups excluding tert-OH is 1. The maximum absolute atomic E-state index is 13.5. The van der Waals surface area contributed by atoms with E-state index in [4.69, 9.17) is 5.11 Å². The van der Waals surface area contributed by atoms with E-state index in [-0.39, 0.29) is 12.5 Å². The first kappa shape index (κ1) is 21.3. The number of rotatable bonds is 6. The number of carbonyl (C=O) groups excluding carboxylic acids is 1. The number of fused-ring (bicyclic) bond motifs is 1. The van der Waals surface area contributed by atoms with Crippen molar-refractivity contribution < 1.29 is 9.90 Å². The van der Waals surface area contributed by atoms with Crippen LogP contribution in [0.25, 0.3) is 0 Å². The number of anilines is 2. The molecule has 0 saturated heterocycles. The lowest BCUT2D eigenvalue weighted by Crippen LogP contribution is -2.31. The van der Waals surface area contributed by atoms with Crippen LogP contribution in [0.4, 0.5) is 11.6 Å².